The number of carbonyl (C=O) groups is 1. The van der Waals surface area contributed by atoms with Crippen LogP contribution in [0.25, 0.3) is 10.8 Å². The monoisotopic (exact) mass is 459 g/mol. The Bertz CT molecular complexity index is 1030. The van der Waals surface area contributed by atoms with Crippen molar-refractivity contribution in [2.24, 2.45) is 0 Å². The quantitative estimate of drug-likeness (QED) is 0.598. The van der Waals surface area contributed by atoms with Crippen molar-refractivity contribution in [3.05, 3.63) is 48.0 Å². The van der Waals surface area contributed by atoms with E-state index in [1.165, 1.54) is 16.3 Å². The molecule has 0 radical (unpaired) electrons. The SMILES string of the molecule is COCCN(C(=O)CN1CCN(Cc2cccc3ccccc23)CC1)C1CCS(=O)(=O)C1. The van der Waals surface area contributed by atoms with Gasteiger partial charge in [0.15, 0.2) is 9.84 Å². The molecule has 0 bridgehead atoms. The molecule has 0 N–H and O–H groups in total. The third-order valence-corrected chi connectivity index (χ3v) is 8.35. The van der Waals surface area contributed by atoms with Crippen molar-refractivity contribution in [1.82, 2.24) is 14.7 Å². The summed E-state index contributed by atoms with van der Waals surface area (Å²) in [6.07, 6.45) is 0.524. The molecule has 1 amide bonds. The zero-order valence-electron chi connectivity index (χ0n) is 18.8. The second-order valence-corrected chi connectivity index (χ2v) is 11.1. The Balaban J connectivity index is 1.32. The van der Waals surface area contributed by atoms with Gasteiger partial charge in [0.1, 0.15) is 0 Å². The summed E-state index contributed by atoms with van der Waals surface area (Å²) >= 11 is 0. The van der Waals surface area contributed by atoms with Gasteiger partial charge in [-0.05, 0) is 22.8 Å². The highest BCUT2D eigenvalue weighted by Crippen LogP contribution is 2.21. The van der Waals surface area contributed by atoms with Crippen LogP contribution in [0.5, 0.6) is 0 Å². The van der Waals surface area contributed by atoms with Crippen LogP contribution in [0.4, 0.5) is 0 Å². The molecule has 0 spiro atoms. The number of hydrogen-bond donors (Lipinski definition) is 0. The number of amides is 1. The zero-order chi connectivity index (χ0) is 22.6. The number of hydrogen-bond acceptors (Lipinski definition) is 6. The molecule has 2 saturated heterocycles. The Hall–Kier alpha value is -2.00. The van der Waals surface area contributed by atoms with Crippen LogP contribution in [0.15, 0.2) is 42.5 Å². The summed E-state index contributed by atoms with van der Waals surface area (Å²) in [4.78, 5) is 19.4. The molecule has 1 atom stereocenters. The van der Waals surface area contributed by atoms with Crippen LogP contribution in [0.2, 0.25) is 0 Å². The maximum absolute atomic E-state index is 13.1. The van der Waals surface area contributed by atoms with Gasteiger partial charge in [0.25, 0.3) is 0 Å². The standard InChI is InChI=1S/C24H33N3O4S/c1-31-15-14-27(22-9-16-32(29,30)19-22)24(28)18-26-12-10-25(11-13-26)17-21-7-4-6-20-5-2-3-8-23(20)21/h2-8,22H,9-19H2,1H3. The van der Waals surface area contributed by atoms with Crippen molar-refractivity contribution in [2.45, 2.75) is 19.0 Å². The minimum atomic E-state index is -3.04. The number of nitrogens with zero attached hydrogens (tertiary/aromatic N) is 3. The van der Waals surface area contributed by atoms with Crippen LogP contribution in [0.3, 0.4) is 0 Å². The first kappa shape index (κ1) is 23.2. The number of rotatable bonds is 8. The normalized spacial score (nSPS) is 21.7. The summed E-state index contributed by atoms with van der Waals surface area (Å²) in [5.41, 5.74) is 1.33. The van der Waals surface area contributed by atoms with Crippen LogP contribution in [0, 0.1) is 0 Å². The number of sulfone groups is 1. The Labute approximate surface area is 190 Å². The van der Waals surface area contributed by atoms with E-state index in [9.17, 15) is 13.2 Å². The van der Waals surface area contributed by atoms with Crippen LogP contribution in [0.1, 0.15) is 12.0 Å². The molecular formula is C24H33N3O4S. The predicted molar refractivity (Wildman–Crippen MR) is 126 cm³/mol. The Morgan fingerprint density at radius 1 is 1.06 bits per heavy atom. The molecule has 2 aromatic rings. The molecule has 4 rings (SSSR count). The van der Waals surface area contributed by atoms with E-state index < -0.39 is 9.84 Å². The largest absolute Gasteiger partial charge is 0.383 e. The fourth-order valence-electron chi connectivity index (χ4n) is 4.78. The molecule has 8 heteroatoms. The number of piperazine rings is 1. The third-order valence-electron chi connectivity index (χ3n) is 6.60. The first-order valence-electron chi connectivity index (χ1n) is 11.4. The van der Waals surface area contributed by atoms with E-state index in [0.29, 0.717) is 26.1 Å². The maximum Gasteiger partial charge on any atom is 0.237 e. The fourth-order valence-corrected chi connectivity index (χ4v) is 6.51. The first-order chi connectivity index (χ1) is 15.4. The number of methoxy groups -OCH3 is 1. The zero-order valence-corrected chi connectivity index (χ0v) is 19.6. The highest BCUT2D eigenvalue weighted by Gasteiger charge is 2.35. The van der Waals surface area contributed by atoms with Crippen molar-refractivity contribution in [3.8, 4) is 0 Å². The second kappa shape index (κ2) is 10.3. The molecular weight excluding hydrogens is 426 g/mol. The minimum absolute atomic E-state index is 0.00616. The van der Waals surface area contributed by atoms with Crippen LogP contribution in [-0.4, -0.2) is 99.6 Å². The molecule has 2 heterocycles. The summed E-state index contributed by atoms with van der Waals surface area (Å²) in [5.74, 6) is 0.245. The number of benzene rings is 2. The van der Waals surface area contributed by atoms with E-state index in [1.807, 2.05) is 0 Å². The van der Waals surface area contributed by atoms with E-state index in [2.05, 4.69) is 52.3 Å². The van der Waals surface area contributed by atoms with Gasteiger partial charge in [0, 0.05) is 52.4 Å². The topological polar surface area (TPSA) is 70.2 Å². The summed E-state index contributed by atoms with van der Waals surface area (Å²) in [5, 5.41) is 2.56. The summed E-state index contributed by atoms with van der Waals surface area (Å²) < 4.78 is 29.0. The molecule has 0 saturated carbocycles. The summed E-state index contributed by atoms with van der Waals surface area (Å²) in [6.45, 7) is 5.58. The predicted octanol–water partition coefficient (Wildman–Crippen LogP) is 1.62. The highest BCUT2D eigenvalue weighted by molar-refractivity contribution is 7.91. The number of fused-ring (bicyclic) bond motifs is 1. The molecule has 2 aromatic carbocycles. The van der Waals surface area contributed by atoms with E-state index >= 15 is 0 Å². The Kier molecular flexibility index (Phi) is 7.45. The van der Waals surface area contributed by atoms with Gasteiger partial charge in [0.2, 0.25) is 5.91 Å². The number of ether oxygens (including phenoxy) is 1. The van der Waals surface area contributed by atoms with Crippen LogP contribution in [-0.2, 0) is 25.9 Å². The summed E-state index contributed by atoms with van der Waals surface area (Å²) in [7, 11) is -1.44. The maximum atomic E-state index is 13.1. The van der Waals surface area contributed by atoms with Gasteiger partial charge >= 0.3 is 0 Å². The lowest BCUT2D eigenvalue weighted by Gasteiger charge is -2.36. The molecule has 32 heavy (non-hydrogen) atoms. The van der Waals surface area contributed by atoms with Crippen molar-refractivity contribution < 1.29 is 17.9 Å². The van der Waals surface area contributed by atoms with E-state index in [4.69, 9.17) is 4.74 Å². The van der Waals surface area contributed by atoms with Gasteiger partial charge < -0.3 is 9.64 Å². The van der Waals surface area contributed by atoms with Crippen molar-refractivity contribution >= 4 is 26.5 Å². The fraction of sp³-hybridized carbons (Fsp3) is 0.542. The van der Waals surface area contributed by atoms with Crippen molar-refractivity contribution in [3.63, 3.8) is 0 Å². The van der Waals surface area contributed by atoms with Gasteiger partial charge in [-0.25, -0.2) is 8.42 Å². The van der Waals surface area contributed by atoms with E-state index in [0.717, 1.165) is 32.7 Å². The minimum Gasteiger partial charge on any atom is -0.383 e. The third kappa shape index (κ3) is 5.67. The van der Waals surface area contributed by atoms with Gasteiger partial charge in [0.05, 0.1) is 24.7 Å². The Morgan fingerprint density at radius 3 is 2.50 bits per heavy atom. The number of carbonyl (C=O) groups excluding carboxylic acids is 1. The average Bonchev–Trinajstić information content (AvgIpc) is 3.15. The lowest BCUT2D eigenvalue weighted by molar-refractivity contribution is -0.135. The molecule has 174 valence electrons. The van der Waals surface area contributed by atoms with E-state index in [-0.39, 0.29) is 23.5 Å². The van der Waals surface area contributed by atoms with Gasteiger partial charge in [-0.15, -0.1) is 0 Å². The molecule has 1 unspecified atom stereocenters. The smallest absolute Gasteiger partial charge is 0.237 e. The van der Waals surface area contributed by atoms with Gasteiger partial charge in [-0.2, -0.15) is 0 Å². The summed E-state index contributed by atoms with van der Waals surface area (Å²) in [6, 6.07) is 14.7. The van der Waals surface area contributed by atoms with Crippen LogP contribution >= 0.6 is 0 Å². The van der Waals surface area contributed by atoms with Crippen molar-refractivity contribution in [2.75, 3.05) is 64.5 Å². The molecule has 0 aromatic heterocycles. The Morgan fingerprint density at radius 2 is 1.78 bits per heavy atom. The first-order valence-corrected chi connectivity index (χ1v) is 13.2. The molecule has 2 fully saturated rings. The molecule has 2 aliphatic rings. The molecule has 0 aliphatic carbocycles. The lowest BCUT2D eigenvalue weighted by Crippen LogP contribution is -2.52. The van der Waals surface area contributed by atoms with Gasteiger partial charge in [-0.3, -0.25) is 14.6 Å². The lowest BCUT2D eigenvalue weighted by atomic mass is 10.0. The highest BCUT2D eigenvalue weighted by atomic mass is 32.2. The van der Waals surface area contributed by atoms with Crippen molar-refractivity contribution in [1.29, 1.82) is 0 Å². The average molecular weight is 460 g/mol. The van der Waals surface area contributed by atoms with Gasteiger partial charge in [-0.1, -0.05) is 42.5 Å². The molecule has 2 aliphatic heterocycles. The molecule has 7 nitrogen and oxygen atoms in total. The second-order valence-electron chi connectivity index (χ2n) is 8.83. The van der Waals surface area contributed by atoms with Crippen LogP contribution < -0.4 is 0 Å². The van der Waals surface area contributed by atoms with E-state index in [1.54, 1.807) is 12.0 Å².